The first-order valence-electron chi connectivity index (χ1n) is 7.91. The van der Waals surface area contributed by atoms with Crippen molar-refractivity contribution in [1.82, 2.24) is 10.2 Å². The Labute approximate surface area is 115 Å². The first-order valence-corrected chi connectivity index (χ1v) is 7.91. The standard InChI is InChI=1S/C16H34N2/c1-7-9-14(5)10-18-11-15(13(3)4)17-12-16(18,6)8-2/h13-15,17H,7-12H2,1-6H3. The Morgan fingerprint density at radius 3 is 2.44 bits per heavy atom. The largest absolute Gasteiger partial charge is 0.311 e. The van der Waals surface area contributed by atoms with Crippen molar-refractivity contribution in [3.8, 4) is 0 Å². The van der Waals surface area contributed by atoms with Crippen LogP contribution in [-0.2, 0) is 0 Å². The van der Waals surface area contributed by atoms with Crippen molar-refractivity contribution < 1.29 is 0 Å². The number of hydrogen-bond donors (Lipinski definition) is 1. The maximum atomic E-state index is 3.75. The normalized spacial score (nSPS) is 31.8. The van der Waals surface area contributed by atoms with Gasteiger partial charge in [0.05, 0.1) is 0 Å². The molecule has 18 heavy (non-hydrogen) atoms. The molecular formula is C16H34N2. The molecule has 0 bridgehead atoms. The summed E-state index contributed by atoms with van der Waals surface area (Å²) in [5, 5.41) is 3.75. The van der Waals surface area contributed by atoms with Crippen LogP contribution in [0, 0.1) is 11.8 Å². The summed E-state index contributed by atoms with van der Waals surface area (Å²) in [4.78, 5) is 2.76. The van der Waals surface area contributed by atoms with Gasteiger partial charge in [-0.15, -0.1) is 0 Å². The van der Waals surface area contributed by atoms with Crippen LogP contribution in [0.15, 0.2) is 0 Å². The van der Waals surface area contributed by atoms with Gasteiger partial charge >= 0.3 is 0 Å². The van der Waals surface area contributed by atoms with Crippen LogP contribution in [0.3, 0.4) is 0 Å². The van der Waals surface area contributed by atoms with E-state index in [0.29, 0.717) is 11.6 Å². The van der Waals surface area contributed by atoms with Crippen molar-refractivity contribution in [2.75, 3.05) is 19.6 Å². The van der Waals surface area contributed by atoms with Gasteiger partial charge in [-0.1, -0.05) is 41.0 Å². The van der Waals surface area contributed by atoms with Crippen LogP contribution in [0.25, 0.3) is 0 Å². The molecule has 108 valence electrons. The first-order chi connectivity index (χ1) is 8.42. The molecule has 1 aliphatic heterocycles. The fourth-order valence-electron chi connectivity index (χ4n) is 3.04. The minimum absolute atomic E-state index is 0.355. The summed E-state index contributed by atoms with van der Waals surface area (Å²) in [5.74, 6) is 1.56. The van der Waals surface area contributed by atoms with Crippen LogP contribution in [0.1, 0.15) is 60.8 Å². The fourth-order valence-corrected chi connectivity index (χ4v) is 3.04. The smallest absolute Gasteiger partial charge is 0.0304 e. The van der Waals surface area contributed by atoms with E-state index in [1.54, 1.807) is 0 Å². The third kappa shape index (κ3) is 3.96. The lowest BCUT2D eigenvalue weighted by Crippen LogP contribution is -2.64. The van der Waals surface area contributed by atoms with Crippen molar-refractivity contribution in [3.05, 3.63) is 0 Å². The van der Waals surface area contributed by atoms with Crippen LogP contribution in [0.5, 0.6) is 0 Å². The van der Waals surface area contributed by atoms with E-state index in [0.717, 1.165) is 18.4 Å². The molecule has 0 aliphatic carbocycles. The van der Waals surface area contributed by atoms with E-state index in [2.05, 4.69) is 51.8 Å². The maximum Gasteiger partial charge on any atom is 0.0304 e. The number of hydrogen-bond acceptors (Lipinski definition) is 2. The van der Waals surface area contributed by atoms with Crippen molar-refractivity contribution in [2.45, 2.75) is 72.4 Å². The van der Waals surface area contributed by atoms with Crippen molar-refractivity contribution in [2.24, 2.45) is 11.8 Å². The Balaban J connectivity index is 2.66. The monoisotopic (exact) mass is 254 g/mol. The average Bonchev–Trinajstić information content (AvgIpc) is 2.32. The Bertz CT molecular complexity index is 239. The minimum Gasteiger partial charge on any atom is -0.311 e. The van der Waals surface area contributed by atoms with Crippen LogP contribution in [0.2, 0.25) is 0 Å². The third-order valence-electron chi connectivity index (χ3n) is 4.81. The topological polar surface area (TPSA) is 15.3 Å². The molecule has 1 aliphatic rings. The molecule has 0 aromatic heterocycles. The lowest BCUT2D eigenvalue weighted by molar-refractivity contribution is 0.0264. The highest BCUT2D eigenvalue weighted by atomic mass is 15.3. The van der Waals surface area contributed by atoms with E-state index < -0.39 is 0 Å². The van der Waals surface area contributed by atoms with Crippen LogP contribution in [0.4, 0.5) is 0 Å². The van der Waals surface area contributed by atoms with Gasteiger partial charge in [0.1, 0.15) is 0 Å². The summed E-state index contributed by atoms with van der Waals surface area (Å²) in [6, 6.07) is 0.665. The molecule has 0 spiro atoms. The van der Waals surface area contributed by atoms with Gasteiger partial charge in [0.15, 0.2) is 0 Å². The van der Waals surface area contributed by atoms with Gasteiger partial charge in [-0.25, -0.2) is 0 Å². The summed E-state index contributed by atoms with van der Waals surface area (Å²) >= 11 is 0. The number of nitrogens with one attached hydrogen (secondary N) is 1. The number of rotatable bonds is 6. The molecule has 2 heteroatoms. The molecule has 1 heterocycles. The van der Waals surface area contributed by atoms with Gasteiger partial charge in [0.2, 0.25) is 0 Å². The van der Waals surface area contributed by atoms with Crippen molar-refractivity contribution >= 4 is 0 Å². The highest BCUT2D eigenvalue weighted by Crippen LogP contribution is 2.26. The Morgan fingerprint density at radius 1 is 1.28 bits per heavy atom. The van der Waals surface area contributed by atoms with Gasteiger partial charge in [0.25, 0.3) is 0 Å². The molecule has 3 unspecified atom stereocenters. The van der Waals surface area contributed by atoms with Crippen LogP contribution in [-0.4, -0.2) is 36.1 Å². The second-order valence-corrected chi connectivity index (χ2v) is 6.88. The second-order valence-electron chi connectivity index (χ2n) is 6.88. The third-order valence-corrected chi connectivity index (χ3v) is 4.81. The van der Waals surface area contributed by atoms with Crippen LogP contribution < -0.4 is 5.32 Å². The molecule has 0 amide bonds. The lowest BCUT2D eigenvalue weighted by Gasteiger charge is -2.49. The molecule has 0 saturated carbocycles. The van der Waals surface area contributed by atoms with Gasteiger partial charge in [0, 0.05) is 31.2 Å². The highest BCUT2D eigenvalue weighted by molar-refractivity contribution is 4.96. The Kier molecular flexibility index (Phi) is 6.13. The zero-order chi connectivity index (χ0) is 13.8. The van der Waals surface area contributed by atoms with Gasteiger partial charge in [-0.2, -0.15) is 0 Å². The summed E-state index contributed by atoms with van der Waals surface area (Å²) in [6.07, 6.45) is 3.91. The summed E-state index contributed by atoms with van der Waals surface area (Å²) < 4.78 is 0. The molecule has 0 radical (unpaired) electrons. The Hall–Kier alpha value is -0.0800. The second kappa shape index (κ2) is 6.91. The maximum absolute atomic E-state index is 3.75. The van der Waals surface area contributed by atoms with Crippen molar-refractivity contribution in [3.63, 3.8) is 0 Å². The SMILES string of the molecule is CCCC(C)CN1CC(C(C)C)NCC1(C)CC. The van der Waals surface area contributed by atoms with E-state index in [1.807, 2.05) is 0 Å². The van der Waals surface area contributed by atoms with Gasteiger partial charge in [-0.05, 0) is 31.6 Å². The summed E-state index contributed by atoms with van der Waals surface area (Å²) in [5.41, 5.74) is 0.355. The summed E-state index contributed by atoms with van der Waals surface area (Å²) in [7, 11) is 0. The zero-order valence-corrected chi connectivity index (χ0v) is 13.4. The van der Waals surface area contributed by atoms with E-state index >= 15 is 0 Å². The molecule has 0 aromatic rings. The predicted octanol–water partition coefficient (Wildman–Crippen LogP) is 3.52. The quantitative estimate of drug-likeness (QED) is 0.780. The predicted molar refractivity (Wildman–Crippen MR) is 81.0 cm³/mol. The average molecular weight is 254 g/mol. The van der Waals surface area contributed by atoms with E-state index in [-0.39, 0.29) is 0 Å². The van der Waals surface area contributed by atoms with Gasteiger partial charge in [-0.3, -0.25) is 4.90 Å². The molecule has 1 fully saturated rings. The van der Waals surface area contributed by atoms with E-state index in [9.17, 15) is 0 Å². The lowest BCUT2D eigenvalue weighted by atomic mass is 9.88. The zero-order valence-electron chi connectivity index (χ0n) is 13.4. The van der Waals surface area contributed by atoms with E-state index in [1.165, 1.54) is 32.4 Å². The number of nitrogens with zero attached hydrogens (tertiary/aromatic N) is 1. The van der Waals surface area contributed by atoms with Crippen molar-refractivity contribution in [1.29, 1.82) is 0 Å². The highest BCUT2D eigenvalue weighted by Gasteiger charge is 2.37. The van der Waals surface area contributed by atoms with Crippen LogP contribution >= 0.6 is 0 Å². The molecule has 1 N–H and O–H groups in total. The molecular weight excluding hydrogens is 220 g/mol. The van der Waals surface area contributed by atoms with E-state index in [4.69, 9.17) is 0 Å². The Morgan fingerprint density at radius 2 is 1.94 bits per heavy atom. The minimum atomic E-state index is 0.355. The molecule has 0 aromatic carbocycles. The molecule has 1 saturated heterocycles. The molecule has 3 atom stereocenters. The summed E-state index contributed by atoms with van der Waals surface area (Å²) in [6.45, 7) is 17.8. The molecule has 2 nitrogen and oxygen atoms in total. The van der Waals surface area contributed by atoms with Gasteiger partial charge < -0.3 is 5.32 Å². The molecule has 1 rings (SSSR count). The first kappa shape index (κ1) is 16.0. The fraction of sp³-hybridized carbons (Fsp3) is 1.00. The number of piperazine rings is 1.